The van der Waals surface area contributed by atoms with E-state index in [0.717, 1.165) is 51.0 Å². The molecule has 0 saturated carbocycles. The average molecular weight is 446 g/mol. The van der Waals surface area contributed by atoms with Crippen molar-refractivity contribution < 1.29 is 9.32 Å². The van der Waals surface area contributed by atoms with Crippen LogP contribution in [0.3, 0.4) is 0 Å². The van der Waals surface area contributed by atoms with Crippen molar-refractivity contribution in [3.8, 4) is 11.4 Å². The summed E-state index contributed by atoms with van der Waals surface area (Å²) in [6, 6.07) is 7.42. The van der Waals surface area contributed by atoms with E-state index >= 15 is 0 Å². The van der Waals surface area contributed by atoms with Gasteiger partial charge in [-0.15, -0.1) is 0 Å². The number of carbonyl (C=O) groups is 1. The van der Waals surface area contributed by atoms with Crippen molar-refractivity contribution in [2.75, 3.05) is 39.3 Å². The van der Waals surface area contributed by atoms with Crippen LogP contribution in [0.25, 0.3) is 11.4 Å². The van der Waals surface area contributed by atoms with E-state index in [1.165, 1.54) is 32.4 Å². The third kappa shape index (κ3) is 6.51. The van der Waals surface area contributed by atoms with E-state index in [0.29, 0.717) is 23.3 Å². The minimum absolute atomic E-state index is 0.0269. The van der Waals surface area contributed by atoms with Gasteiger partial charge in [-0.25, -0.2) is 0 Å². The van der Waals surface area contributed by atoms with Gasteiger partial charge in [0.1, 0.15) is 0 Å². The first kappa shape index (κ1) is 22.2. The predicted molar refractivity (Wildman–Crippen MR) is 121 cm³/mol. The van der Waals surface area contributed by atoms with Gasteiger partial charge in [0.05, 0.1) is 12.5 Å². The number of aromatic nitrogens is 2. The van der Waals surface area contributed by atoms with E-state index in [1.54, 1.807) is 0 Å². The molecule has 2 fully saturated rings. The van der Waals surface area contributed by atoms with Gasteiger partial charge in [-0.1, -0.05) is 35.3 Å². The number of carbonyl (C=O) groups excluding carboxylic acids is 1. The van der Waals surface area contributed by atoms with Crippen molar-refractivity contribution in [1.29, 1.82) is 0 Å². The fraction of sp³-hybridized carbons (Fsp3) is 0.609. The topological polar surface area (TPSA) is 74.5 Å². The number of nitrogens with one attached hydrogen (secondary N) is 1. The largest absolute Gasteiger partial charge is 0.356 e. The molecular formula is C23H32ClN5O2. The van der Waals surface area contributed by atoms with Crippen LogP contribution >= 0.6 is 11.6 Å². The van der Waals surface area contributed by atoms with Gasteiger partial charge in [0.15, 0.2) is 0 Å². The second kappa shape index (κ2) is 11.1. The van der Waals surface area contributed by atoms with E-state index in [2.05, 4.69) is 25.3 Å². The van der Waals surface area contributed by atoms with Crippen LogP contribution in [0.5, 0.6) is 0 Å². The Morgan fingerprint density at radius 3 is 2.84 bits per heavy atom. The molecule has 0 radical (unpaired) electrons. The Morgan fingerprint density at radius 1 is 1.16 bits per heavy atom. The second-order valence-corrected chi connectivity index (χ2v) is 9.08. The lowest BCUT2D eigenvalue weighted by molar-refractivity contribution is -0.126. The summed E-state index contributed by atoms with van der Waals surface area (Å²) in [4.78, 5) is 21.9. The van der Waals surface area contributed by atoms with Crippen LogP contribution in [0.15, 0.2) is 28.8 Å². The Hall–Kier alpha value is -1.96. The summed E-state index contributed by atoms with van der Waals surface area (Å²) >= 11 is 6.05. The predicted octanol–water partition coefficient (Wildman–Crippen LogP) is 3.59. The molecule has 31 heavy (non-hydrogen) atoms. The first-order valence-electron chi connectivity index (χ1n) is 11.5. The molecule has 1 aromatic carbocycles. The number of hydrogen-bond acceptors (Lipinski definition) is 6. The number of nitrogens with zero attached hydrogens (tertiary/aromatic N) is 4. The fourth-order valence-electron chi connectivity index (χ4n) is 4.51. The van der Waals surface area contributed by atoms with Crippen LogP contribution in [0.2, 0.25) is 5.02 Å². The van der Waals surface area contributed by atoms with Crippen LogP contribution < -0.4 is 5.32 Å². The second-order valence-electron chi connectivity index (χ2n) is 8.64. The number of piperidine rings is 2. The van der Waals surface area contributed by atoms with Crippen LogP contribution in [0.1, 0.15) is 44.4 Å². The minimum Gasteiger partial charge on any atom is -0.356 e. The highest BCUT2D eigenvalue weighted by molar-refractivity contribution is 6.30. The Labute approximate surface area is 189 Å². The number of hydrogen-bond donors (Lipinski definition) is 1. The lowest BCUT2D eigenvalue weighted by atomic mass is 9.97. The number of amides is 1. The lowest BCUT2D eigenvalue weighted by Gasteiger charge is -2.31. The van der Waals surface area contributed by atoms with Gasteiger partial charge < -0.3 is 14.7 Å². The summed E-state index contributed by atoms with van der Waals surface area (Å²) in [5.74, 6) is 1.31. The van der Waals surface area contributed by atoms with E-state index in [9.17, 15) is 4.79 Å². The smallest absolute Gasteiger partial charge is 0.241 e. The molecule has 7 nitrogen and oxygen atoms in total. The monoisotopic (exact) mass is 445 g/mol. The van der Waals surface area contributed by atoms with Crippen molar-refractivity contribution in [3.63, 3.8) is 0 Å². The van der Waals surface area contributed by atoms with Gasteiger partial charge in [-0.3, -0.25) is 9.69 Å². The number of halogens is 1. The molecule has 168 valence electrons. The molecule has 1 atom stereocenters. The summed E-state index contributed by atoms with van der Waals surface area (Å²) < 4.78 is 5.44. The Bertz CT molecular complexity index is 852. The third-order valence-electron chi connectivity index (χ3n) is 6.19. The minimum atomic E-state index is 0.0269. The zero-order valence-corrected chi connectivity index (χ0v) is 18.8. The molecule has 1 unspecified atom stereocenters. The molecule has 1 aromatic heterocycles. The first-order valence-corrected chi connectivity index (χ1v) is 11.9. The quantitative estimate of drug-likeness (QED) is 0.626. The average Bonchev–Trinajstić information content (AvgIpc) is 3.26. The zero-order valence-electron chi connectivity index (χ0n) is 18.1. The van der Waals surface area contributed by atoms with Crippen LogP contribution in [-0.2, 0) is 11.3 Å². The Morgan fingerprint density at radius 2 is 2.00 bits per heavy atom. The highest BCUT2D eigenvalue weighted by Gasteiger charge is 2.26. The van der Waals surface area contributed by atoms with Gasteiger partial charge >= 0.3 is 0 Å². The van der Waals surface area contributed by atoms with Crippen LogP contribution in [0.4, 0.5) is 0 Å². The standard InChI is InChI=1S/C23H32ClN5O2/c24-20-9-4-7-18(15-20)22-26-21(31-27-22)17-29-13-5-8-19(16-29)23(30)25-10-6-14-28-11-2-1-3-12-28/h4,7,9,15,19H,1-3,5-6,8,10-14,16-17H2,(H,25,30). The highest BCUT2D eigenvalue weighted by atomic mass is 35.5. The molecular weight excluding hydrogens is 414 g/mol. The summed E-state index contributed by atoms with van der Waals surface area (Å²) in [6.07, 6.45) is 6.94. The first-order chi connectivity index (χ1) is 15.2. The summed E-state index contributed by atoms with van der Waals surface area (Å²) in [6.45, 7) is 6.49. The van der Waals surface area contributed by atoms with Crippen molar-refractivity contribution in [2.45, 2.75) is 45.1 Å². The third-order valence-corrected chi connectivity index (χ3v) is 6.42. The molecule has 2 saturated heterocycles. The zero-order chi connectivity index (χ0) is 21.5. The Balaban J connectivity index is 1.21. The van der Waals surface area contributed by atoms with Gasteiger partial charge in [-0.05, 0) is 70.4 Å². The van der Waals surface area contributed by atoms with Gasteiger partial charge in [0, 0.05) is 23.7 Å². The maximum Gasteiger partial charge on any atom is 0.241 e. The van der Waals surface area contributed by atoms with E-state index in [4.69, 9.17) is 16.1 Å². The number of rotatable bonds is 8. The lowest BCUT2D eigenvalue weighted by Crippen LogP contribution is -2.43. The van der Waals surface area contributed by atoms with Crippen molar-refractivity contribution in [2.24, 2.45) is 5.92 Å². The van der Waals surface area contributed by atoms with Crippen molar-refractivity contribution in [3.05, 3.63) is 35.2 Å². The van der Waals surface area contributed by atoms with Gasteiger partial charge in [0.25, 0.3) is 0 Å². The molecule has 2 aliphatic rings. The summed E-state index contributed by atoms with van der Waals surface area (Å²) in [5, 5.41) is 7.88. The molecule has 1 amide bonds. The maximum atomic E-state index is 12.7. The fourth-order valence-corrected chi connectivity index (χ4v) is 4.70. The maximum absolute atomic E-state index is 12.7. The van der Waals surface area contributed by atoms with Crippen molar-refractivity contribution in [1.82, 2.24) is 25.3 Å². The molecule has 0 aliphatic carbocycles. The molecule has 0 spiro atoms. The molecule has 2 aliphatic heterocycles. The molecule has 0 bridgehead atoms. The van der Waals surface area contributed by atoms with Gasteiger partial charge in [0.2, 0.25) is 17.6 Å². The number of likely N-dealkylation sites (tertiary alicyclic amines) is 2. The van der Waals surface area contributed by atoms with Crippen LogP contribution in [-0.4, -0.2) is 65.1 Å². The summed E-state index contributed by atoms with van der Waals surface area (Å²) in [5.41, 5.74) is 0.836. The van der Waals surface area contributed by atoms with Crippen LogP contribution in [0, 0.1) is 5.92 Å². The number of benzene rings is 1. The van der Waals surface area contributed by atoms with E-state index in [-0.39, 0.29) is 11.8 Å². The molecule has 4 rings (SSSR count). The van der Waals surface area contributed by atoms with E-state index in [1.807, 2.05) is 24.3 Å². The molecule has 8 heteroatoms. The normalized spacial score (nSPS) is 20.6. The molecule has 2 aromatic rings. The van der Waals surface area contributed by atoms with Crippen molar-refractivity contribution >= 4 is 17.5 Å². The summed E-state index contributed by atoms with van der Waals surface area (Å²) in [7, 11) is 0. The van der Waals surface area contributed by atoms with E-state index < -0.39 is 0 Å². The Kier molecular flexibility index (Phi) is 7.94. The highest BCUT2D eigenvalue weighted by Crippen LogP contribution is 2.22. The SMILES string of the molecule is O=C(NCCCN1CCCCC1)C1CCCN(Cc2nc(-c3cccc(Cl)c3)no2)C1. The molecule has 3 heterocycles. The molecule has 1 N–H and O–H groups in total. The van der Waals surface area contributed by atoms with Gasteiger partial charge in [-0.2, -0.15) is 4.98 Å².